The van der Waals surface area contributed by atoms with Crippen molar-refractivity contribution in [2.75, 3.05) is 26.0 Å². The highest BCUT2D eigenvalue weighted by molar-refractivity contribution is 5.80. The van der Waals surface area contributed by atoms with Crippen molar-refractivity contribution in [2.24, 2.45) is 0 Å². The summed E-state index contributed by atoms with van der Waals surface area (Å²) in [7, 11) is 1.59. The van der Waals surface area contributed by atoms with Gasteiger partial charge in [-0.25, -0.2) is 0 Å². The number of aryl methyl sites for hydroxylation is 1. The summed E-state index contributed by atoms with van der Waals surface area (Å²) in [4.78, 5) is 11.7. The predicted octanol–water partition coefficient (Wildman–Crippen LogP) is 1.36. The lowest BCUT2D eigenvalue weighted by Gasteiger charge is -2.16. The maximum atomic E-state index is 11.7. The standard InChI is InChI=1S/C14H22N2O3/c1-4-11-5-6-13(12(15)9-11)19-10(2)14(17)16-7-8-18-3/h5-6,9-10H,4,7-8,15H2,1-3H3,(H,16,17). The minimum absolute atomic E-state index is 0.184. The SMILES string of the molecule is CCc1ccc(OC(C)C(=O)NCCOC)c(N)c1. The van der Waals surface area contributed by atoms with Crippen molar-refractivity contribution in [2.45, 2.75) is 26.4 Å². The Morgan fingerprint density at radius 2 is 2.21 bits per heavy atom. The van der Waals surface area contributed by atoms with Gasteiger partial charge in [-0.15, -0.1) is 0 Å². The van der Waals surface area contributed by atoms with Crippen molar-refractivity contribution in [3.05, 3.63) is 23.8 Å². The molecule has 1 rings (SSSR count). The highest BCUT2D eigenvalue weighted by Gasteiger charge is 2.15. The predicted molar refractivity (Wildman–Crippen MR) is 75.2 cm³/mol. The van der Waals surface area contributed by atoms with Crippen LogP contribution >= 0.6 is 0 Å². The number of benzene rings is 1. The van der Waals surface area contributed by atoms with Crippen LogP contribution < -0.4 is 15.8 Å². The molecule has 1 aromatic rings. The smallest absolute Gasteiger partial charge is 0.260 e. The molecule has 0 bridgehead atoms. The average molecular weight is 266 g/mol. The number of ether oxygens (including phenoxy) is 2. The topological polar surface area (TPSA) is 73.6 Å². The largest absolute Gasteiger partial charge is 0.479 e. The number of hydrogen-bond donors (Lipinski definition) is 2. The van der Waals surface area contributed by atoms with E-state index in [0.717, 1.165) is 12.0 Å². The van der Waals surface area contributed by atoms with E-state index in [1.165, 1.54) is 0 Å². The summed E-state index contributed by atoms with van der Waals surface area (Å²) in [6, 6.07) is 5.61. The van der Waals surface area contributed by atoms with Crippen LogP contribution in [0, 0.1) is 0 Å². The van der Waals surface area contributed by atoms with Gasteiger partial charge in [-0.05, 0) is 31.0 Å². The van der Waals surface area contributed by atoms with Crippen LogP contribution in [0.4, 0.5) is 5.69 Å². The molecule has 0 saturated heterocycles. The van der Waals surface area contributed by atoms with Gasteiger partial charge in [0.15, 0.2) is 6.10 Å². The molecular formula is C14H22N2O3. The fraction of sp³-hybridized carbons (Fsp3) is 0.500. The Balaban J connectivity index is 2.56. The van der Waals surface area contributed by atoms with Gasteiger partial charge in [-0.2, -0.15) is 0 Å². The van der Waals surface area contributed by atoms with Gasteiger partial charge in [-0.3, -0.25) is 4.79 Å². The first-order chi connectivity index (χ1) is 9.08. The van der Waals surface area contributed by atoms with E-state index in [-0.39, 0.29) is 5.91 Å². The van der Waals surface area contributed by atoms with Crippen LogP contribution in [0.5, 0.6) is 5.75 Å². The molecule has 5 heteroatoms. The Hall–Kier alpha value is -1.75. The van der Waals surface area contributed by atoms with E-state index >= 15 is 0 Å². The van der Waals surface area contributed by atoms with Gasteiger partial charge in [0.2, 0.25) is 0 Å². The lowest BCUT2D eigenvalue weighted by molar-refractivity contribution is -0.127. The van der Waals surface area contributed by atoms with E-state index in [0.29, 0.717) is 24.6 Å². The van der Waals surface area contributed by atoms with Gasteiger partial charge >= 0.3 is 0 Å². The van der Waals surface area contributed by atoms with Gasteiger partial charge < -0.3 is 20.5 Å². The van der Waals surface area contributed by atoms with Crippen LogP contribution in [0.25, 0.3) is 0 Å². The zero-order valence-electron chi connectivity index (χ0n) is 11.7. The normalized spacial score (nSPS) is 11.9. The van der Waals surface area contributed by atoms with Crippen molar-refractivity contribution in [3.8, 4) is 5.75 Å². The Bertz CT molecular complexity index is 421. The first-order valence-corrected chi connectivity index (χ1v) is 6.40. The van der Waals surface area contributed by atoms with Crippen molar-refractivity contribution < 1.29 is 14.3 Å². The molecule has 1 aromatic carbocycles. The van der Waals surface area contributed by atoms with E-state index in [1.54, 1.807) is 20.1 Å². The molecule has 106 valence electrons. The summed E-state index contributed by atoms with van der Waals surface area (Å²) in [6.07, 6.45) is 0.323. The zero-order chi connectivity index (χ0) is 14.3. The second kappa shape index (κ2) is 7.63. The Kier molecular flexibility index (Phi) is 6.15. The average Bonchev–Trinajstić information content (AvgIpc) is 2.41. The van der Waals surface area contributed by atoms with E-state index < -0.39 is 6.10 Å². The molecular weight excluding hydrogens is 244 g/mol. The van der Waals surface area contributed by atoms with Crippen LogP contribution in [0.1, 0.15) is 19.4 Å². The molecule has 0 aliphatic carbocycles. The molecule has 3 N–H and O–H groups in total. The monoisotopic (exact) mass is 266 g/mol. The molecule has 19 heavy (non-hydrogen) atoms. The number of nitrogen functional groups attached to an aromatic ring is 1. The summed E-state index contributed by atoms with van der Waals surface area (Å²) in [5, 5.41) is 2.72. The van der Waals surface area contributed by atoms with Gasteiger partial charge in [0.05, 0.1) is 12.3 Å². The molecule has 0 spiro atoms. The Morgan fingerprint density at radius 1 is 1.47 bits per heavy atom. The number of hydrogen-bond acceptors (Lipinski definition) is 4. The van der Waals surface area contributed by atoms with Crippen molar-refractivity contribution >= 4 is 11.6 Å². The molecule has 1 unspecified atom stereocenters. The van der Waals surface area contributed by atoms with Crippen LogP contribution in [0.15, 0.2) is 18.2 Å². The summed E-state index contributed by atoms with van der Waals surface area (Å²) in [5.74, 6) is 0.350. The Morgan fingerprint density at radius 3 is 2.79 bits per heavy atom. The maximum absolute atomic E-state index is 11.7. The highest BCUT2D eigenvalue weighted by Crippen LogP contribution is 2.23. The first kappa shape index (κ1) is 15.3. The fourth-order valence-corrected chi connectivity index (χ4v) is 1.59. The van der Waals surface area contributed by atoms with E-state index in [2.05, 4.69) is 12.2 Å². The second-order valence-electron chi connectivity index (χ2n) is 4.27. The molecule has 1 amide bonds. The molecule has 0 radical (unpaired) electrons. The van der Waals surface area contributed by atoms with Crippen LogP contribution in [-0.4, -0.2) is 32.3 Å². The van der Waals surface area contributed by atoms with Crippen molar-refractivity contribution in [3.63, 3.8) is 0 Å². The molecule has 0 saturated carbocycles. The second-order valence-corrected chi connectivity index (χ2v) is 4.27. The number of methoxy groups -OCH3 is 1. The fourth-order valence-electron chi connectivity index (χ4n) is 1.59. The minimum Gasteiger partial charge on any atom is -0.479 e. The summed E-state index contributed by atoms with van der Waals surface area (Å²) >= 11 is 0. The number of amides is 1. The lowest BCUT2D eigenvalue weighted by Crippen LogP contribution is -2.38. The highest BCUT2D eigenvalue weighted by atomic mass is 16.5. The van der Waals surface area contributed by atoms with Crippen LogP contribution in [0.3, 0.4) is 0 Å². The third-order valence-electron chi connectivity index (χ3n) is 2.76. The number of carbonyl (C=O) groups is 1. The van der Waals surface area contributed by atoms with Crippen molar-refractivity contribution in [1.29, 1.82) is 0 Å². The molecule has 0 aliphatic heterocycles. The minimum atomic E-state index is -0.591. The summed E-state index contributed by atoms with van der Waals surface area (Å²) in [6.45, 7) is 4.69. The summed E-state index contributed by atoms with van der Waals surface area (Å²) < 4.78 is 10.4. The summed E-state index contributed by atoms with van der Waals surface area (Å²) in [5.41, 5.74) is 7.58. The first-order valence-electron chi connectivity index (χ1n) is 6.40. The Labute approximate surface area is 114 Å². The zero-order valence-corrected chi connectivity index (χ0v) is 11.7. The lowest BCUT2D eigenvalue weighted by atomic mass is 10.1. The van der Waals surface area contributed by atoms with Gasteiger partial charge in [0.1, 0.15) is 5.75 Å². The van der Waals surface area contributed by atoms with Crippen LogP contribution in [-0.2, 0) is 16.0 Å². The molecule has 0 heterocycles. The number of anilines is 1. The van der Waals surface area contributed by atoms with Crippen molar-refractivity contribution in [1.82, 2.24) is 5.32 Å². The molecule has 0 fully saturated rings. The third kappa shape index (κ3) is 4.79. The van der Waals surface area contributed by atoms with E-state index in [9.17, 15) is 4.79 Å². The van der Waals surface area contributed by atoms with E-state index in [1.807, 2.05) is 12.1 Å². The number of rotatable bonds is 7. The molecule has 5 nitrogen and oxygen atoms in total. The van der Waals surface area contributed by atoms with Gasteiger partial charge in [0, 0.05) is 13.7 Å². The van der Waals surface area contributed by atoms with Gasteiger partial charge in [0.25, 0.3) is 5.91 Å². The van der Waals surface area contributed by atoms with Gasteiger partial charge in [-0.1, -0.05) is 13.0 Å². The number of nitrogens with two attached hydrogens (primary N) is 1. The van der Waals surface area contributed by atoms with Crippen LogP contribution in [0.2, 0.25) is 0 Å². The molecule has 0 aromatic heterocycles. The third-order valence-corrected chi connectivity index (χ3v) is 2.76. The molecule has 1 atom stereocenters. The quantitative estimate of drug-likeness (QED) is 0.577. The van der Waals surface area contributed by atoms with E-state index in [4.69, 9.17) is 15.2 Å². The number of carbonyl (C=O) groups excluding carboxylic acids is 1. The maximum Gasteiger partial charge on any atom is 0.260 e. The number of nitrogens with one attached hydrogen (secondary N) is 1. The molecule has 0 aliphatic rings.